The molecule has 3 aromatic rings. The van der Waals surface area contributed by atoms with Crippen molar-refractivity contribution in [2.45, 2.75) is 46.6 Å². The van der Waals surface area contributed by atoms with E-state index in [2.05, 4.69) is 16.9 Å². The number of aliphatic hydroxyl groups excluding tert-OH is 1. The molecule has 0 spiro atoms. The van der Waals surface area contributed by atoms with Crippen LogP contribution in [0.25, 0.3) is 5.76 Å². The smallest absolute Gasteiger partial charge is 0.350 e. The molecule has 1 fully saturated rings. The minimum absolute atomic E-state index is 0.0931. The number of hydrogen-bond acceptors (Lipinski definition) is 9. The number of aromatic nitrogens is 2. The average molecular weight is 550 g/mol. The first-order valence-electron chi connectivity index (χ1n) is 12.8. The SMILES string of the molecule is CCCCOc1ccc(/C(O)=C2\C(=O)C(=O)N(c3nc(C)c(C(=O)OCC(C)C)s3)C2c2cccnc2)cc1. The predicted octanol–water partition coefficient (Wildman–Crippen LogP) is 5.46. The Labute approximate surface area is 231 Å². The van der Waals surface area contributed by atoms with Crippen molar-refractivity contribution in [1.29, 1.82) is 0 Å². The van der Waals surface area contributed by atoms with Crippen LogP contribution in [0.15, 0.2) is 54.4 Å². The van der Waals surface area contributed by atoms with Gasteiger partial charge in [0.15, 0.2) is 5.13 Å². The predicted molar refractivity (Wildman–Crippen MR) is 148 cm³/mol. The highest BCUT2D eigenvalue weighted by atomic mass is 32.1. The second-order valence-corrected chi connectivity index (χ2v) is 10.6. The van der Waals surface area contributed by atoms with Crippen molar-refractivity contribution >= 4 is 39.9 Å². The highest BCUT2D eigenvalue weighted by Crippen LogP contribution is 2.43. The van der Waals surface area contributed by atoms with Crippen molar-refractivity contribution in [2.24, 2.45) is 5.92 Å². The zero-order valence-electron chi connectivity index (χ0n) is 22.3. The molecule has 10 heteroatoms. The van der Waals surface area contributed by atoms with Crippen molar-refractivity contribution in [3.05, 3.63) is 76.1 Å². The molecule has 204 valence electrons. The van der Waals surface area contributed by atoms with Gasteiger partial charge >= 0.3 is 11.9 Å². The van der Waals surface area contributed by atoms with E-state index in [1.165, 1.54) is 11.1 Å². The molecular weight excluding hydrogens is 518 g/mol. The number of hydrogen-bond donors (Lipinski definition) is 1. The van der Waals surface area contributed by atoms with Crippen molar-refractivity contribution in [1.82, 2.24) is 9.97 Å². The summed E-state index contributed by atoms with van der Waals surface area (Å²) in [5, 5.41) is 11.5. The fourth-order valence-electron chi connectivity index (χ4n) is 4.06. The number of aliphatic hydroxyl groups is 1. The van der Waals surface area contributed by atoms with Gasteiger partial charge in [0.05, 0.1) is 30.5 Å². The fraction of sp³-hybridized carbons (Fsp3) is 0.345. The first-order valence-corrected chi connectivity index (χ1v) is 13.6. The number of rotatable bonds is 10. The zero-order valence-corrected chi connectivity index (χ0v) is 23.2. The molecule has 9 nitrogen and oxygen atoms in total. The second-order valence-electron chi connectivity index (χ2n) is 9.59. The Morgan fingerprint density at radius 2 is 1.92 bits per heavy atom. The standard InChI is InChI=1S/C29H31N3O6S/c1-5-6-14-37-21-11-9-19(10-12-21)24(33)22-23(20-8-7-13-30-15-20)32(27(35)25(22)34)29-31-18(4)26(39-29)28(36)38-16-17(2)3/h7-13,15,17,23,33H,5-6,14,16H2,1-4H3/b24-22+. The molecule has 2 aromatic heterocycles. The Morgan fingerprint density at radius 1 is 1.18 bits per heavy atom. The summed E-state index contributed by atoms with van der Waals surface area (Å²) < 4.78 is 11.0. The largest absolute Gasteiger partial charge is 0.507 e. The van der Waals surface area contributed by atoms with Crippen LogP contribution in [0, 0.1) is 12.8 Å². The van der Waals surface area contributed by atoms with Crippen LogP contribution in [0.4, 0.5) is 5.13 Å². The van der Waals surface area contributed by atoms with Gasteiger partial charge in [-0.15, -0.1) is 0 Å². The van der Waals surface area contributed by atoms with E-state index < -0.39 is 23.7 Å². The van der Waals surface area contributed by atoms with E-state index in [1.54, 1.807) is 49.5 Å². The van der Waals surface area contributed by atoms with E-state index in [0.717, 1.165) is 24.2 Å². The molecule has 1 atom stereocenters. The third kappa shape index (κ3) is 6.01. The van der Waals surface area contributed by atoms with Crippen LogP contribution < -0.4 is 9.64 Å². The van der Waals surface area contributed by atoms with Crippen LogP contribution >= 0.6 is 11.3 Å². The van der Waals surface area contributed by atoms with E-state index in [0.29, 0.717) is 29.2 Å². The van der Waals surface area contributed by atoms with Gasteiger partial charge in [-0.1, -0.05) is 44.6 Å². The summed E-state index contributed by atoms with van der Waals surface area (Å²) in [6.07, 6.45) is 5.03. The number of pyridine rings is 1. The maximum absolute atomic E-state index is 13.4. The van der Waals surface area contributed by atoms with Crippen molar-refractivity contribution in [3.8, 4) is 5.75 Å². The number of anilines is 1. The summed E-state index contributed by atoms with van der Waals surface area (Å²) in [6, 6.07) is 9.09. The average Bonchev–Trinajstić information content (AvgIpc) is 3.44. The Kier molecular flexibility index (Phi) is 8.75. The molecule has 1 amide bonds. The summed E-state index contributed by atoms with van der Waals surface area (Å²) in [6.45, 7) is 8.40. The number of ether oxygens (including phenoxy) is 2. The number of carbonyl (C=O) groups excluding carboxylic acids is 3. The van der Waals surface area contributed by atoms with Crippen LogP contribution in [0.1, 0.15) is 66.1 Å². The van der Waals surface area contributed by atoms with Gasteiger partial charge in [-0.25, -0.2) is 9.78 Å². The molecule has 3 heterocycles. The van der Waals surface area contributed by atoms with E-state index in [4.69, 9.17) is 9.47 Å². The quantitative estimate of drug-likeness (QED) is 0.116. The van der Waals surface area contributed by atoms with Crippen LogP contribution in [-0.2, 0) is 14.3 Å². The molecule has 1 saturated heterocycles. The van der Waals surface area contributed by atoms with E-state index in [9.17, 15) is 19.5 Å². The summed E-state index contributed by atoms with van der Waals surface area (Å²) in [7, 11) is 0. The van der Waals surface area contributed by atoms with Gasteiger partial charge in [0.2, 0.25) is 0 Å². The number of unbranched alkanes of at least 4 members (excludes halogenated alkanes) is 1. The Morgan fingerprint density at radius 3 is 2.56 bits per heavy atom. The maximum Gasteiger partial charge on any atom is 0.350 e. The maximum atomic E-state index is 13.4. The monoisotopic (exact) mass is 549 g/mol. The first-order chi connectivity index (χ1) is 18.7. The van der Waals surface area contributed by atoms with Gasteiger partial charge in [0, 0.05) is 18.0 Å². The van der Waals surface area contributed by atoms with Crippen molar-refractivity contribution in [2.75, 3.05) is 18.1 Å². The van der Waals surface area contributed by atoms with E-state index in [1.807, 2.05) is 13.8 Å². The lowest BCUT2D eigenvalue weighted by atomic mass is 9.96. The Balaban J connectivity index is 1.75. The van der Waals surface area contributed by atoms with Crippen LogP contribution in [-0.4, -0.2) is 45.9 Å². The third-order valence-corrected chi connectivity index (χ3v) is 7.20. The van der Waals surface area contributed by atoms with Crippen LogP contribution in [0.3, 0.4) is 0 Å². The third-order valence-electron chi connectivity index (χ3n) is 6.06. The molecule has 1 N–H and O–H groups in total. The molecular formula is C29H31N3O6S. The molecule has 0 saturated carbocycles. The summed E-state index contributed by atoms with van der Waals surface area (Å²) in [5.74, 6) is -1.79. The van der Waals surface area contributed by atoms with Crippen LogP contribution in [0.2, 0.25) is 0 Å². The fourth-order valence-corrected chi connectivity index (χ4v) is 5.05. The van der Waals surface area contributed by atoms with Gasteiger partial charge in [0.1, 0.15) is 16.4 Å². The number of nitrogens with zero attached hydrogens (tertiary/aromatic N) is 3. The lowest BCUT2D eigenvalue weighted by molar-refractivity contribution is -0.132. The number of aryl methyl sites for hydroxylation is 1. The van der Waals surface area contributed by atoms with Gasteiger partial charge in [0.25, 0.3) is 5.78 Å². The number of amides is 1. The van der Waals surface area contributed by atoms with Gasteiger partial charge in [-0.3, -0.25) is 19.5 Å². The summed E-state index contributed by atoms with van der Waals surface area (Å²) in [4.78, 5) is 49.5. The number of benzene rings is 1. The molecule has 4 rings (SSSR count). The van der Waals surface area contributed by atoms with Gasteiger partial charge < -0.3 is 14.6 Å². The molecule has 0 radical (unpaired) electrons. The lowest BCUT2D eigenvalue weighted by Crippen LogP contribution is -2.29. The van der Waals surface area contributed by atoms with Gasteiger partial charge in [-0.05, 0) is 55.2 Å². The molecule has 1 aromatic carbocycles. The Hall–Kier alpha value is -4.05. The van der Waals surface area contributed by atoms with Crippen molar-refractivity contribution < 1.29 is 29.0 Å². The molecule has 0 bridgehead atoms. The minimum Gasteiger partial charge on any atom is -0.507 e. The molecule has 1 aliphatic rings. The topological polar surface area (TPSA) is 119 Å². The number of thiazole rings is 1. The number of carbonyl (C=O) groups is 3. The molecule has 1 aliphatic heterocycles. The molecule has 39 heavy (non-hydrogen) atoms. The van der Waals surface area contributed by atoms with Gasteiger partial charge in [-0.2, -0.15) is 0 Å². The zero-order chi connectivity index (χ0) is 28.1. The van der Waals surface area contributed by atoms with Crippen molar-refractivity contribution in [3.63, 3.8) is 0 Å². The van der Waals surface area contributed by atoms with E-state index >= 15 is 0 Å². The number of Topliss-reactive ketones (excluding diaryl/α,β-unsaturated/α-hetero) is 1. The lowest BCUT2D eigenvalue weighted by Gasteiger charge is -2.22. The summed E-state index contributed by atoms with van der Waals surface area (Å²) >= 11 is 0.968. The van der Waals surface area contributed by atoms with E-state index in [-0.39, 0.29) is 33.9 Å². The van der Waals surface area contributed by atoms with Crippen LogP contribution in [0.5, 0.6) is 5.75 Å². The minimum atomic E-state index is -0.996. The molecule has 1 unspecified atom stereocenters. The first kappa shape index (κ1) is 28.0. The highest BCUT2D eigenvalue weighted by molar-refractivity contribution is 7.17. The second kappa shape index (κ2) is 12.2. The number of esters is 1. The normalized spacial score (nSPS) is 16.6. The number of ketones is 1. The highest BCUT2D eigenvalue weighted by Gasteiger charge is 2.48. The molecule has 0 aliphatic carbocycles. The summed E-state index contributed by atoms with van der Waals surface area (Å²) in [5.41, 5.74) is 1.16. The Bertz CT molecular complexity index is 1380.